The van der Waals surface area contributed by atoms with E-state index in [1.54, 1.807) is 4.57 Å². The van der Waals surface area contributed by atoms with Crippen molar-refractivity contribution in [2.45, 2.75) is 46.8 Å². The van der Waals surface area contributed by atoms with Gasteiger partial charge in [-0.25, -0.2) is 0 Å². The summed E-state index contributed by atoms with van der Waals surface area (Å²) in [6.45, 7) is 10.8. The molecule has 0 aliphatic carbocycles. The Morgan fingerprint density at radius 1 is 1.03 bits per heavy atom. The zero-order chi connectivity index (χ0) is 22.9. The zero-order valence-corrected chi connectivity index (χ0v) is 19.0. The van der Waals surface area contributed by atoms with Gasteiger partial charge in [0.05, 0.1) is 12.1 Å². The molecule has 0 unspecified atom stereocenters. The number of rotatable bonds is 6. The highest BCUT2D eigenvalue weighted by atomic mass is 16.5. The molecule has 7 nitrogen and oxygen atoms in total. The van der Waals surface area contributed by atoms with Gasteiger partial charge < -0.3 is 18.6 Å². The second kappa shape index (κ2) is 8.49. The molecule has 7 heteroatoms. The van der Waals surface area contributed by atoms with E-state index in [9.17, 15) is 4.79 Å². The minimum absolute atomic E-state index is 0.131. The molecule has 2 heterocycles. The number of para-hydroxylation sites is 1. The number of hydrogen-bond donors (Lipinski definition) is 0. The van der Waals surface area contributed by atoms with E-state index in [-0.39, 0.29) is 17.0 Å². The number of benzene rings is 2. The van der Waals surface area contributed by atoms with Crippen LogP contribution in [0.1, 0.15) is 34.6 Å². The monoisotopic (exact) mass is 433 g/mol. The third-order valence-electron chi connectivity index (χ3n) is 4.91. The summed E-state index contributed by atoms with van der Waals surface area (Å²) < 4.78 is 19.0. The van der Waals surface area contributed by atoms with Gasteiger partial charge in [-0.15, -0.1) is 0 Å². The summed E-state index contributed by atoms with van der Waals surface area (Å²) in [6.07, 6.45) is 0. The van der Waals surface area contributed by atoms with E-state index >= 15 is 0 Å². The first-order chi connectivity index (χ1) is 15.3. The molecule has 2 aromatic heterocycles. The number of fused-ring (bicyclic) bond motifs is 1. The minimum Gasteiger partial charge on any atom is -0.494 e. The van der Waals surface area contributed by atoms with Crippen molar-refractivity contribution in [1.29, 1.82) is 0 Å². The van der Waals surface area contributed by atoms with Gasteiger partial charge in [0.2, 0.25) is 5.82 Å². The number of pyridine rings is 1. The first kappa shape index (κ1) is 21.6. The van der Waals surface area contributed by atoms with Gasteiger partial charge in [0.15, 0.2) is 0 Å². The van der Waals surface area contributed by atoms with E-state index in [4.69, 9.17) is 14.0 Å². The van der Waals surface area contributed by atoms with E-state index in [1.807, 2.05) is 83.1 Å². The van der Waals surface area contributed by atoms with Crippen molar-refractivity contribution in [3.8, 4) is 34.3 Å². The fraction of sp³-hybridized carbons (Fsp3) is 0.320. The van der Waals surface area contributed by atoms with E-state index in [0.717, 1.165) is 22.2 Å². The Hall–Kier alpha value is -3.61. The molecule has 0 aliphatic rings. The van der Waals surface area contributed by atoms with Crippen LogP contribution in [0.2, 0.25) is 0 Å². The van der Waals surface area contributed by atoms with Gasteiger partial charge in [-0.1, -0.05) is 17.3 Å². The molecular weight excluding hydrogens is 406 g/mol. The van der Waals surface area contributed by atoms with E-state index in [1.165, 1.54) is 0 Å². The highest BCUT2D eigenvalue weighted by Gasteiger charge is 2.27. The van der Waals surface area contributed by atoms with Crippen LogP contribution in [0.4, 0.5) is 0 Å². The molecule has 0 fully saturated rings. The van der Waals surface area contributed by atoms with Crippen molar-refractivity contribution in [2.75, 3.05) is 6.61 Å². The molecule has 0 saturated heterocycles. The van der Waals surface area contributed by atoms with Gasteiger partial charge in [-0.3, -0.25) is 4.79 Å². The topological polar surface area (TPSA) is 79.4 Å². The Morgan fingerprint density at radius 2 is 1.75 bits per heavy atom. The van der Waals surface area contributed by atoms with Crippen LogP contribution < -0.4 is 15.0 Å². The van der Waals surface area contributed by atoms with Gasteiger partial charge in [-0.05, 0) is 71.0 Å². The maximum Gasteiger partial charge on any atom is 0.267 e. The summed E-state index contributed by atoms with van der Waals surface area (Å²) in [4.78, 5) is 18.1. The number of aryl methyl sites for hydroxylation is 1. The average molecular weight is 434 g/mol. The summed E-state index contributed by atoms with van der Waals surface area (Å²) in [5, 5.41) is 4.94. The van der Waals surface area contributed by atoms with Crippen LogP contribution in [0, 0.1) is 0 Å². The van der Waals surface area contributed by atoms with Crippen molar-refractivity contribution in [3.63, 3.8) is 0 Å². The van der Waals surface area contributed by atoms with Gasteiger partial charge in [0.1, 0.15) is 22.7 Å². The first-order valence-electron chi connectivity index (χ1n) is 10.7. The highest BCUT2D eigenvalue weighted by Crippen LogP contribution is 2.36. The summed E-state index contributed by atoms with van der Waals surface area (Å²) >= 11 is 0. The normalized spacial score (nSPS) is 11.7. The van der Waals surface area contributed by atoms with Crippen LogP contribution in [-0.2, 0) is 6.54 Å². The lowest BCUT2D eigenvalue weighted by Crippen LogP contribution is -2.28. The second-order valence-electron chi connectivity index (χ2n) is 8.37. The Balaban J connectivity index is 1.90. The molecule has 4 aromatic rings. The first-order valence-corrected chi connectivity index (χ1v) is 10.7. The molecule has 0 amide bonds. The Morgan fingerprint density at radius 3 is 2.41 bits per heavy atom. The smallest absolute Gasteiger partial charge is 0.267 e. The largest absolute Gasteiger partial charge is 0.494 e. The molecule has 32 heavy (non-hydrogen) atoms. The molecule has 2 aromatic carbocycles. The molecule has 166 valence electrons. The van der Waals surface area contributed by atoms with Crippen molar-refractivity contribution < 1.29 is 14.0 Å². The SMILES string of the molecule is CCOc1ccc(-c2noc(-c3c(OC(C)(C)C)c4ccccc4n(CC)c3=O)n2)cc1. The average Bonchev–Trinajstić information content (AvgIpc) is 3.23. The maximum absolute atomic E-state index is 13.5. The Bertz CT molecular complexity index is 1300. The predicted octanol–water partition coefficient (Wildman–Crippen LogP) is 5.31. The molecular formula is C25H27N3O4. The van der Waals surface area contributed by atoms with Crippen LogP contribution in [0.25, 0.3) is 33.7 Å². The standard InChI is InChI=1S/C25H27N3O4/c1-6-28-19-11-9-8-10-18(19)21(31-25(3,4)5)20(24(28)29)23-26-22(27-32-23)16-12-14-17(15-13-16)30-7-2/h8-15H,6-7H2,1-5H3. The Kier molecular flexibility index (Phi) is 5.74. The van der Waals surface area contributed by atoms with Crippen molar-refractivity contribution in [3.05, 3.63) is 58.9 Å². The lowest BCUT2D eigenvalue weighted by molar-refractivity contribution is 0.133. The van der Waals surface area contributed by atoms with Crippen LogP contribution in [0.3, 0.4) is 0 Å². The minimum atomic E-state index is -0.527. The van der Waals surface area contributed by atoms with Crippen LogP contribution >= 0.6 is 0 Å². The van der Waals surface area contributed by atoms with Gasteiger partial charge in [0.25, 0.3) is 11.4 Å². The predicted molar refractivity (Wildman–Crippen MR) is 124 cm³/mol. The number of nitrogens with zero attached hydrogens (tertiary/aromatic N) is 3. The zero-order valence-electron chi connectivity index (χ0n) is 19.0. The van der Waals surface area contributed by atoms with E-state index in [2.05, 4.69) is 10.1 Å². The fourth-order valence-corrected chi connectivity index (χ4v) is 3.60. The van der Waals surface area contributed by atoms with Crippen molar-refractivity contribution in [1.82, 2.24) is 14.7 Å². The quantitative estimate of drug-likeness (QED) is 0.410. The van der Waals surface area contributed by atoms with Gasteiger partial charge >= 0.3 is 0 Å². The van der Waals surface area contributed by atoms with E-state index < -0.39 is 5.60 Å². The maximum atomic E-state index is 13.5. The molecule has 0 N–H and O–H groups in total. The highest BCUT2D eigenvalue weighted by molar-refractivity contribution is 5.91. The second-order valence-corrected chi connectivity index (χ2v) is 8.37. The molecule has 4 rings (SSSR count). The molecule has 0 spiro atoms. The summed E-state index contributed by atoms with van der Waals surface area (Å²) in [5.74, 6) is 1.73. The molecule has 0 saturated carbocycles. The summed E-state index contributed by atoms with van der Waals surface area (Å²) in [6, 6.07) is 15.1. The van der Waals surface area contributed by atoms with Crippen molar-refractivity contribution >= 4 is 10.9 Å². The van der Waals surface area contributed by atoms with Crippen molar-refractivity contribution in [2.24, 2.45) is 0 Å². The van der Waals surface area contributed by atoms with Crippen LogP contribution in [0.5, 0.6) is 11.5 Å². The number of aromatic nitrogens is 3. The molecule has 0 aliphatic heterocycles. The third kappa shape index (κ3) is 4.10. The lowest BCUT2D eigenvalue weighted by Gasteiger charge is -2.24. The third-order valence-corrected chi connectivity index (χ3v) is 4.91. The molecule has 0 radical (unpaired) electrons. The Labute approximate surface area is 186 Å². The molecule has 0 atom stereocenters. The van der Waals surface area contributed by atoms with E-state index in [0.29, 0.717) is 24.7 Å². The fourth-order valence-electron chi connectivity index (χ4n) is 3.60. The molecule has 0 bridgehead atoms. The number of hydrogen-bond acceptors (Lipinski definition) is 6. The lowest BCUT2D eigenvalue weighted by atomic mass is 10.1. The van der Waals surface area contributed by atoms with Gasteiger partial charge in [-0.2, -0.15) is 4.98 Å². The summed E-state index contributed by atoms with van der Waals surface area (Å²) in [7, 11) is 0. The van der Waals surface area contributed by atoms with Crippen LogP contribution in [0.15, 0.2) is 57.8 Å². The summed E-state index contributed by atoms with van der Waals surface area (Å²) in [5.41, 5.74) is 1.07. The van der Waals surface area contributed by atoms with Gasteiger partial charge in [0, 0.05) is 17.5 Å². The number of ether oxygens (including phenoxy) is 2. The van der Waals surface area contributed by atoms with Crippen LogP contribution in [-0.4, -0.2) is 26.9 Å².